The zero-order chi connectivity index (χ0) is 32.4. The number of aryl methyl sites for hydroxylation is 2. The lowest BCUT2D eigenvalue weighted by Gasteiger charge is -2.34. The standard InChI is InChI=1S/C36H40FN3O4S/c1-4-5-23-38-36(42)34(24-29-9-7-6-8-10-29)39(25-30-15-17-31(37)18-16-30)35(41)26-40(32-19-11-27(2)12-20-32)45(43,44)33-21-13-28(3)14-22-33/h6-22,34H,4-5,23-26H2,1-3H3,(H,38,42). The molecule has 7 nitrogen and oxygen atoms in total. The molecular formula is C36H40FN3O4S. The van der Waals surface area contributed by atoms with E-state index in [9.17, 15) is 22.4 Å². The third-order valence-electron chi connectivity index (χ3n) is 7.58. The van der Waals surface area contributed by atoms with Crippen LogP contribution >= 0.6 is 0 Å². The summed E-state index contributed by atoms with van der Waals surface area (Å²) in [5, 5.41) is 2.96. The molecular weight excluding hydrogens is 589 g/mol. The number of hydrogen-bond acceptors (Lipinski definition) is 4. The number of carbonyl (C=O) groups excluding carboxylic acids is 2. The summed E-state index contributed by atoms with van der Waals surface area (Å²) in [6.45, 7) is 5.65. The minimum Gasteiger partial charge on any atom is -0.354 e. The van der Waals surface area contributed by atoms with Crippen LogP contribution in [0.1, 0.15) is 42.0 Å². The summed E-state index contributed by atoms with van der Waals surface area (Å²) < 4.78 is 43.1. The summed E-state index contributed by atoms with van der Waals surface area (Å²) in [5.74, 6) is -1.34. The maximum absolute atomic E-state index is 14.4. The highest BCUT2D eigenvalue weighted by Gasteiger charge is 2.34. The maximum atomic E-state index is 14.4. The first-order chi connectivity index (χ1) is 21.6. The van der Waals surface area contributed by atoms with Gasteiger partial charge in [0.25, 0.3) is 10.0 Å². The second kappa shape index (κ2) is 15.5. The molecule has 0 fully saturated rings. The molecule has 0 saturated heterocycles. The third kappa shape index (κ3) is 9.01. The van der Waals surface area contributed by atoms with E-state index in [4.69, 9.17) is 0 Å². The van der Waals surface area contributed by atoms with Gasteiger partial charge in [0.05, 0.1) is 10.6 Å². The fourth-order valence-corrected chi connectivity index (χ4v) is 6.34. The van der Waals surface area contributed by atoms with Gasteiger partial charge in [0.1, 0.15) is 18.4 Å². The highest BCUT2D eigenvalue weighted by Crippen LogP contribution is 2.26. The van der Waals surface area contributed by atoms with Crippen LogP contribution in [0.3, 0.4) is 0 Å². The van der Waals surface area contributed by atoms with Crippen LogP contribution in [-0.2, 0) is 32.6 Å². The Labute approximate surface area is 265 Å². The minimum atomic E-state index is -4.18. The Bertz CT molecular complexity index is 1660. The zero-order valence-electron chi connectivity index (χ0n) is 25.9. The largest absolute Gasteiger partial charge is 0.354 e. The average Bonchev–Trinajstić information content (AvgIpc) is 3.03. The number of nitrogens with one attached hydrogen (secondary N) is 1. The van der Waals surface area contributed by atoms with Crippen molar-refractivity contribution in [2.45, 2.75) is 57.5 Å². The highest BCUT2D eigenvalue weighted by atomic mass is 32.2. The van der Waals surface area contributed by atoms with Crippen LogP contribution in [-0.4, -0.2) is 44.3 Å². The highest BCUT2D eigenvalue weighted by molar-refractivity contribution is 7.92. The van der Waals surface area contributed by atoms with Crippen molar-refractivity contribution >= 4 is 27.5 Å². The number of hydrogen-bond donors (Lipinski definition) is 1. The minimum absolute atomic E-state index is 0.0237. The molecule has 2 amide bonds. The van der Waals surface area contributed by atoms with Crippen LogP contribution in [0.4, 0.5) is 10.1 Å². The number of sulfonamides is 1. The van der Waals surface area contributed by atoms with E-state index in [0.29, 0.717) is 17.8 Å². The Hall–Kier alpha value is -4.50. The van der Waals surface area contributed by atoms with Crippen LogP contribution in [0.15, 0.2) is 108 Å². The monoisotopic (exact) mass is 629 g/mol. The molecule has 1 atom stereocenters. The summed E-state index contributed by atoms with van der Waals surface area (Å²) in [7, 11) is -4.18. The van der Waals surface area contributed by atoms with Gasteiger partial charge < -0.3 is 10.2 Å². The van der Waals surface area contributed by atoms with Crippen LogP contribution in [0.5, 0.6) is 0 Å². The van der Waals surface area contributed by atoms with Crippen LogP contribution in [0, 0.1) is 19.7 Å². The van der Waals surface area contributed by atoms with Gasteiger partial charge in [-0.15, -0.1) is 0 Å². The van der Waals surface area contributed by atoms with E-state index >= 15 is 0 Å². The van der Waals surface area contributed by atoms with Crippen molar-refractivity contribution in [1.82, 2.24) is 10.2 Å². The lowest BCUT2D eigenvalue weighted by atomic mass is 10.0. The Morgan fingerprint density at radius 1 is 0.800 bits per heavy atom. The van der Waals surface area contributed by atoms with Crippen molar-refractivity contribution in [3.63, 3.8) is 0 Å². The van der Waals surface area contributed by atoms with Crippen molar-refractivity contribution in [3.05, 3.63) is 131 Å². The molecule has 0 radical (unpaired) electrons. The van der Waals surface area contributed by atoms with E-state index in [1.807, 2.05) is 51.1 Å². The molecule has 9 heteroatoms. The van der Waals surface area contributed by atoms with Gasteiger partial charge in [0.15, 0.2) is 0 Å². The number of amides is 2. The van der Waals surface area contributed by atoms with Gasteiger partial charge in [-0.05, 0) is 67.8 Å². The first-order valence-electron chi connectivity index (χ1n) is 15.1. The SMILES string of the molecule is CCCCNC(=O)C(Cc1ccccc1)N(Cc1ccc(F)cc1)C(=O)CN(c1ccc(C)cc1)S(=O)(=O)c1ccc(C)cc1. The van der Waals surface area contributed by atoms with Gasteiger partial charge in [-0.1, -0.05) is 91.2 Å². The van der Waals surface area contributed by atoms with Crippen LogP contribution < -0.4 is 9.62 Å². The fourth-order valence-electron chi connectivity index (χ4n) is 4.92. The first-order valence-corrected chi connectivity index (χ1v) is 16.5. The summed E-state index contributed by atoms with van der Waals surface area (Å²) in [6, 6.07) is 27.5. The number of nitrogens with zero attached hydrogens (tertiary/aromatic N) is 2. The van der Waals surface area contributed by atoms with E-state index in [-0.39, 0.29) is 23.8 Å². The molecule has 0 aliphatic rings. The quantitative estimate of drug-likeness (QED) is 0.169. The lowest BCUT2D eigenvalue weighted by Crippen LogP contribution is -2.53. The molecule has 0 aliphatic carbocycles. The van der Waals surface area contributed by atoms with Crippen molar-refractivity contribution < 1.29 is 22.4 Å². The molecule has 4 aromatic rings. The van der Waals surface area contributed by atoms with Gasteiger partial charge >= 0.3 is 0 Å². The fraction of sp³-hybridized carbons (Fsp3) is 0.278. The number of halogens is 1. The molecule has 1 N–H and O–H groups in total. The molecule has 1 unspecified atom stereocenters. The lowest BCUT2D eigenvalue weighted by molar-refractivity contribution is -0.140. The van der Waals surface area contributed by atoms with Gasteiger partial charge in [-0.2, -0.15) is 0 Å². The molecule has 236 valence electrons. The van der Waals surface area contributed by atoms with Crippen LogP contribution in [0.25, 0.3) is 0 Å². The summed E-state index contributed by atoms with van der Waals surface area (Å²) >= 11 is 0. The molecule has 0 aliphatic heterocycles. The van der Waals surface area contributed by atoms with E-state index in [2.05, 4.69) is 5.32 Å². The number of rotatable bonds is 14. The Morgan fingerprint density at radius 3 is 2.00 bits per heavy atom. The van der Waals surface area contributed by atoms with Gasteiger partial charge in [0, 0.05) is 19.5 Å². The van der Waals surface area contributed by atoms with Gasteiger partial charge in [0.2, 0.25) is 11.8 Å². The van der Waals surface area contributed by atoms with E-state index in [1.165, 1.54) is 29.2 Å². The Kier molecular flexibility index (Phi) is 11.5. The zero-order valence-corrected chi connectivity index (χ0v) is 26.8. The van der Waals surface area contributed by atoms with Gasteiger partial charge in [-0.25, -0.2) is 12.8 Å². The number of carbonyl (C=O) groups is 2. The topological polar surface area (TPSA) is 86.8 Å². The Balaban J connectivity index is 1.78. The number of benzene rings is 4. The Morgan fingerprint density at radius 2 is 1.40 bits per heavy atom. The molecule has 4 aromatic carbocycles. The summed E-state index contributed by atoms with van der Waals surface area (Å²) in [6.07, 6.45) is 1.86. The van der Waals surface area contributed by atoms with Crippen molar-refractivity contribution in [1.29, 1.82) is 0 Å². The summed E-state index contributed by atoms with van der Waals surface area (Å²) in [5.41, 5.74) is 3.60. The van der Waals surface area contributed by atoms with Crippen molar-refractivity contribution in [2.24, 2.45) is 0 Å². The van der Waals surface area contributed by atoms with E-state index in [1.54, 1.807) is 48.5 Å². The second-order valence-electron chi connectivity index (χ2n) is 11.2. The molecule has 0 saturated carbocycles. The number of anilines is 1. The maximum Gasteiger partial charge on any atom is 0.264 e. The molecule has 0 aromatic heterocycles. The smallest absolute Gasteiger partial charge is 0.264 e. The molecule has 0 heterocycles. The normalized spacial score (nSPS) is 11.9. The van der Waals surface area contributed by atoms with Crippen molar-refractivity contribution in [3.8, 4) is 0 Å². The van der Waals surface area contributed by atoms with Crippen LogP contribution in [0.2, 0.25) is 0 Å². The predicted octanol–water partition coefficient (Wildman–Crippen LogP) is 6.19. The second-order valence-corrected chi connectivity index (χ2v) is 13.0. The van der Waals surface area contributed by atoms with E-state index in [0.717, 1.165) is 33.8 Å². The number of unbranched alkanes of at least 4 members (excludes halogenated alkanes) is 1. The van der Waals surface area contributed by atoms with Gasteiger partial charge in [-0.3, -0.25) is 13.9 Å². The summed E-state index contributed by atoms with van der Waals surface area (Å²) in [4.78, 5) is 29.6. The third-order valence-corrected chi connectivity index (χ3v) is 9.36. The molecule has 4 rings (SSSR count). The predicted molar refractivity (Wildman–Crippen MR) is 176 cm³/mol. The molecule has 0 spiro atoms. The molecule has 45 heavy (non-hydrogen) atoms. The first kappa shape index (κ1) is 33.4. The van der Waals surface area contributed by atoms with E-state index < -0.39 is 34.3 Å². The average molecular weight is 630 g/mol. The van der Waals surface area contributed by atoms with Crippen molar-refractivity contribution in [2.75, 3.05) is 17.4 Å². The molecule has 0 bridgehead atoms.